The Hall–Kier alpha value is -2.52. The fourth-order valence-corrected chi connectivity index (χ4v) is 10.0. The number of aromatic nitrogens is 1. The third-order valence-corrected chi connectivity index (χ3v) is 13.1. The molecule has 1 heterocycles. The van der Waals surface area contributed by atoms with Gasteiger partial charge in [0.25, 0.3) is 0 Å². The number of pyridine rings is 1. The summed E-state index contributed by atoms with van der Waals surface area (Å²) in [5.41, 5.74) is 12.9. The average Bonchev–Trinajstić information content (AvgIpc) is 2.71. The van der Waals surface area contributed by atoms with Crippen LogP contribution in [0.3, 0.4) is 0 Å². The van der Waals surface area contributed by atoms with Crippen LogP contribution in [0.15, 0.2) is 42.7 Å². The van der Waals surface area contributed by atoms with Crippen LogP contribution >= 0.6 is 0 Å². The van der Waals surface area contributed by atoms with Crippen LogP contribution in [0.2, 0.25) is 36.3 Å². The first-order valence-corrected chi connectivity index (χ1v) is 17.3. The average molecular weight is 456 g/mol. The van der Waals surface area contributed by atoms with Gasteiger partial charge in [0.1, 0.15) is 16.1 Å². The van der Waals surface area contributed by atoms with Crippen molar-refractivity contribution in [1.82, 2.24) is 4.98 Å². The normalized spacial score (nSPS) is 11.4. The van der Waals surface area contributed by atoms with Gasteiger partial charge in [-0.2, -0.15) is 0 Å². The third-order valence-electron chi connectivity index (χ3n) is 5.93. The summed E-state index contributed by atoms with van der Waals surface area (Å²) < 4.78 is 0. The van der Waals surface area contributed by atoms with Crippen molar-refractivity contribution in [2.45, 2.75) is 77.8 Å². The summed E-state index contributed by atoms with van der Waals surface area (Å²) in [6.45, 7) is 20.8. The van der Waals surface area contributed by atoms with Crippen molar-refractivity contribution in [3.63, 3.8) is 0 Å². The Morgan fingerprint density at radius 2 is 1.09 bits per heavy atom. The van der Waals surface area contributed by atoms with Crippen molar-refractivity contribution in [3.05, 3.63) is 65.0 Å². The van der Waals surface area contributed by atoms with Crippen LogP contribution in [-0.4, -0.2) is 21.1 Å². The predicted octanol–water partition coefficient (Wildman–Crippen LogP) is 7.28. The Morgan fingerprint density at radius 3 is 1.62 bits per heavy atom. The summed E-state index contributed by atoms with van der Waals surface area (Å²) in [5, 5.41) is 0. The summed E-state index contributed by atoms with van der Waals surface area (Å²) >= 11 is 0. The van der Waals surface area contributed by atoms with E-state index in [-0.39, 0.29) is 0 Å². The molecule has 0 unspecified atom stereocenters. The monoisotopic (exact) mass is 455 g/mol. The highest BCUT2D eigenvalue weighted by atomic mass is 28.3. The molecular formula is C29H37NSi2. The lowest BCUT2D eigenvalue weighted by atomic mass is 10.1. The van der Waals surface area contributed by atoms with Gasteiger partial charge in [0, 0.05) is 29.1 Å². The van der Waals surface area contributed by atoms with Crippen molar-refractivity contribution < 1.29 is 0 Å². The Kier molecular flexibility index (Phi) is 8.75. The quantitative estimate of drug-likeness (QED) is 0.350. The van der Waals surface area contributed by atoms with E-state index in [0.717, 1.165) is 22.3 Å². The maximum Gasteiger partial charge on any atom is 0.146 e. The summed E-state index contributed by atoms with van der Waals surface area (Å²) in [7, 11) is -3.25. The number of benzene rings is 1. The molecule has 0 N–H and O–H groups in total. The molecule has 1 aromatic heterocycles. The molecule has 1 nitrogen and oxygen atoms in total. The van der Waals surface area contributed by atoms with Gasteiger partial charge in [-0.05, 0) is 34.8 Å². The molecule has 0 aliphatic rings. The van der Waals surface area contributed by atoms with Crippen LogP contribution in [0.4, 0.5) is 0 Å². The number of rotatable bonds is 3. The summed E-state index contributed by atoms with van der Waals surface area (Å²) in [4.78, 5) is 4.32. The molecule has 0 bridgehead atoms. The minimum atomic E-state index is -1.80. The fraction of sp³-hybridized carbons (Fsp3) is 0.414. The van der Waals surface area contributed by atoms with E-state index in [4.69, 9.17) is 0 Å². The van der Waals surface area contributed by atoms with E-state index >= 15 is 0 Å². The molecule has 2 rings (SSSR count). The zero-order chi connectivity index (χ0) is 23.9. The summed E-state index contributed by atoms with van der Waals surface area (Å²) in [6.07, 6.45) is 3.64. The molecule has 166 valence electrons. The number of nitrogens with zero attached hydrogens (tertiary/aromatic N) is 1. The molecule has 0 radical (unpaired) electrons. The standard InChI is InChI=1S/C29H37NSi2/c1-23(2)32(24(3)4,25(5)6)21-18-28-16-19-30-22-29(28)15-14-26-12-10-11-13-27(26)17-20-31(7,8)9/h10-13,16,19,22-25H,1-9H3. The van der Waals surface area contributed by atoms with E-state index in [1.54, 1.807) is 0 Å². The molecule has 0 saturated carbocycles. The van der Waals surface area contributed by atoms with E-state index in [9.17, 15) is 0 Å². The van der Waals surface area contributed by atoms with Gasteiger partial charge in [-0.1, -0.05) is 97.0 Å². The third kappa shape index (κ3) is 6.49. The first-order valence-electron chi connectivity index (χ1n) is 11.6. The smallest absolute Gasteiger partial charge is 0.146 e. The molecule has 32 heavy (non-hydrogen) atoms. The predicted molar refractivity (Wildman–Crippen MR) is 145 cm³/mol. The molecule has 1 aromatic carbocycles. The fourth-order valence-electron chi connectivity index (χ4n) is 4.30. The van der Waals surface area contributed by atoms with Gasteiger partial charge in [-0.15, -0.1) is 11.1 Å². The van der Waals surface area contributed by atoms with Crippen LogP contribution in [-0.2, 0) is 0 Å². The molecule has 0 saturated heterocycles. The summed E-state index contributed by atoms with van der Waals surface area (Å²) in [5.74, 6) is 13.6. The second-order valence-corrected chi connectivity index (χ2v) is 20.7. The van der Waals surface area contributed by atoms with E-state index in [1.165, 1.54) is 0 Å². The van der Waals surface area contributed by atoms with Gasteiger partial charge in [-0.25, -0.2) is 0 Å². The molecule has 0 atom stereocenters. The minimum absolute atomic E-state index is 0.600. The van der Waals surface area contributed by atoms with Crippen LogP contribution in [0, 0.1) is 34.8 Å². The van der Waals surface area contributed by atoms with Gasteiger partial charge in [-0.3, -0.25) is 4.98 Å². The lowest BCUT2D eigenvalue weighted by molar-refractivity contribution is 0.838. The van der Waals surface area contributed by atoms with Crippen molar-refractivity contribution in [2.75, 3.05) is 0 Å². The lowest BCUT2D eigenvalue weighted by Crippen LogP contribution is -2.43. The highest BCUT2D eigenvalue weighted by Gasteiger charge is 2.41. The zero-order valence-corrected chi connectivity index (χ0v) is 23.2. The largest absolute Gasteiger partial charge is 0.263 e. The highest BCUT2D eigenvalue weighted by molar-refractivity contribution is 6.90. The number of hydrogen-bond donors (Lipinski definition) is 0. The molecule has 0 fully saturated rings. The molecule has 0 spiro atoms. The Labute approximate surface area is 198 Å². The zero-order valence-electron chi connectivity index (χ0n) is 21.2. The molecule has 0 aliphatic heterocycles. The van der Waals surface area contributed by atoms with Gasteiger partial charge in [0.2, 0.25) is 0 Å². The summed E-state index contributed by atoms with van der Waals surface area (Å²) in [6, 6.07) is 10.1. The van der Waals surface area contributed by atoms with E-state index in [0.29, 0.717) is 16.6 Å². The Morgan fingerprint density at radius 1 is 0.625 bits per heavy atom. The van der Waals surface area contributed by atoms with E-state index < -0.39 is 16.1 Å². The highest BCUT2D eigenvalue weighted by Crippen LogP contribution is 2.40. The van der Waals surface area contributed by atoms with Crippen molar-refractivity contribution in [3.8, 4) is 34.8 Å². The van der Waals surface area contributed by atoms with Crippen LogP contribution in [0.1, 0.15) is 63.8 Å². The Bertz CT molecular complexity index is 1100. The molecular weight excluding hydrogens is 418 g/mol. The lowest BCUT2D eigenvalue weighted by Gasteiger charge is -2.38. The maximum absolute atomic E-state index is 4.32. The van der Waals surface area contributed by atoms with Gasteiger partial charge >= 0.3 is 0 Å². The van der Waals surface area contributed by atoms with Crippen LogP contribution < -0.4 is 0 Å². The van der Waals surface area contributed by atoms with Crippen LogP contribution in [0.5, 0.6) is 0 Å². The van der Waals surface area contributed by atoms with Crippen molar-refractivity contribution >= 4 is 16.1 Å². The number of hydrogen-bond acceptors (Lipinski definition) is 1. The van der Waals surface area contributed by atoms with Gasteiger partial charge < -0.3 is 0 Å². The SMILES string of the molecule is CC(C)[Si](C#Cc1ccncc1C#Cc1ccccc1C#C[Si](C)(C)C)(C(C)C)C(C)C. The van der Waals surface area contributed by atoms with Gasteiger partial charge in [0.15, 0.2) is 0 Å². The van der Waals surface area contributed by atoms with Gasteiger partial charge in [0.05, 0.1) is 5.56 Å². The topological polar surface area (TPSA) is 12.9 Å². The molecule has 0 amide bonds. The minimum Gasteiger partial charge on any atom is -0.263 e. The van der Waals surface area contributed by atoms with E-state index in [1.807, 2.05) is 36.7 Å². The van der Waals surface area contributed by atoms with Crippen molar-refractivity contribution in [1.29, 1.82) is 0 Å². The first kappa shape index (κ1) is 25.7. The Balaban J connectivity index is 2.52. The molecule has 0 aliphatic carbocycles. The maximum atomic E-state index is 4.32. The van der Waals surface area contributed by atoms with Crippen molar-refractivity contribution in [2.24, 2.45) is 0 Å². The van der Waals surface area contributed by atoms with Crippen LogP contribution in [0.25, 0.3) is 0 Å². The second-order valence-electron chi connectivity index (χ2n) is 10.4. The first-order chi connectivity index (χ1) is 15.0. The molecule has 3 heteroatoms. The second kappa shape index (κ2) is 10.9. The van der Waals surface area contributed by atoms with E-state index in [2.05, 4.69) is 107 Å². The molecule has 2 aromatic rings.